The summed E-state index contributed by atoms with van der Waals surface area (Å²) >= 11 is 6.05. The van der Waals surface area contributed by atoms with E-state index < -0.39 is 0 Å². The van der Waals surface area contributed by atoms with Crippen LogP contribution in [0.1, 0.15) is 19.8 Å². The molecule has 1 aromatic rings. The highest BCUT2D eigenvalue weighted by atomic mass is 35.5. The molecule has 1 saturated heterocycles. The van der Waals surface area contributed by atoms with Gasteiger partial charge in [0.15, 0.2) is 0 Å². The first-order chi connectivity index (χ1) is 7.79. The molecular weight excluding hydrogens is 226 g/mol. The van der Waals surface area contributed by atoms with Crippen LogP contribution in [0.25, 0.3) is 0 Å². The fourth-order valence-corrected chi connectivity index (χ4v) is 1.94. The van der Waals surface area contributed by atoms with E-state index in [1.54, 1.807) is 12.3 Å². The smallest absolute Gasteiger partial charge is 0.228 e. The molecule has 1 unspecified atom stereocenters. The van der Waals surface area contributed by atoms with E-state index in [2.05, 4.69) is 21.8 Å². The molecular formula is C11H16ClN3O. The summed E-state index contributed by atoms with van der Waals surface area (Å²) in [6, 6.07) is 1.79. The Kier molecular flexibility index (Phi) is 3.83. The Morgan fingerprint density at radius 2 is 2.50 bits per heavy atom. The van der Waals surface area contributed by atoms with Crippen molar-refractivity contribution in [3.05, 3.63) is 12.3 Å². The van der Waals surface area contributed by atoms with Crippen LogP contribution in [-0.4, -0.2) is 35.0 Å². The minimum absolute atomic E-state index is 0.212. The maximum Gasteiger partial charge on any atom is 0.228 e. The fraction of sp³-hybridized carbons (Fsp3) is 0.636. The summed E-state index contributed by atoms with van der Waals surface area (Å²) in [4.78, 5) is 10.7. The molecule has 0 amide bonds. The lowest BCUT2D eigenvalue weighted by Gasteiger charge is -2.15. The highest BCUT2D eigenvalue weighted by Gasteiger charge is 2.22. The zero-order valence-corrected chi connectivity index (χ0v) is 10.2. The predicted molar refractivity (Wildman–Crippen MR) is 64.3 cm³/mol. The molecule has 0 spiro atoms. The monoisotopic (exact) mass is 241 g/mol. The number of alkyl halides is 1. The lowest BCUT2D eigenvalue weighted by molar-refractivity contribution is 0.305. The zero-order chi connectivity index (χ0) is 11.4. The van der Waals surface area contributed by atoms with E-state index in [1.807, 2.05) is 0 Å². The number of anilines is 1. The molecule has 0 saturated carbocycles. The van der Waals surface area contributed by atoms with Gasteiger partial charge in [0.2, 0.25) is 11.8 Å². The molecule has 0 aliphatic carbocycles. The molecule has 1 aliphatic rings. The van der Waals surface area contributed by atoms with Gasteiger partial charge in [-0.05, 0) is 12.8 Å². The van der Waals surface area contributed by atoms with Gasteiger partial charge in [0.05, 0.1) is 12.0 Å². The van der Waals surface area contributed by atoms with Gasteiger partial charge in [-0.25, -0.2) is 4.98 Å². The molecule has 4 nitrogen and oxygen atoms in total. The van der Waals surface area contributed by atoms with Crippen LogP contribution in [0, 0.1) is 0 Å². The van der Waals surface area contributed by atoms with Crippen LogP contribution in [0.2, 0.25) is 0 Å². The van der Waals surface area contributed by atoms with E-state index >= 15 is 0 Å². The van der Waals surface area contributed by atoms with Gasteiger partial charge in [0.25, 0.3) is 0 Å². The van der Waals surface area contributed by atoms with Gasteiger partial charge in [0.1, 0.15) is 0 Å². The average molecular weight is 242 g/mol. The van der Waals surface area contributed by atoms with Crippen LogP contribution in [0.15, 0.2) is 12.3 Å². The molecule has 1 aliphatic heterocycles. The topological polar surface area (TPSA) is 38.2 Å². The molecule has 2 rings (SSSR count). The van der Waals surface area contributed by atoms with Crippen LogP contribution < -0.4 is 9.64 Å². The number of nitrogens with zero attached hydrogens (tertiary/aromatic N) is 3. The Morgan fingerprint density at radius 1 is 1.62 bits per heavy atom. The quantitative estimate of drug-likeness (QED) is 0.757. The molecule has 88 valence electrons. The Balaban J connectivity index is 2.04. The van der Waals surface area contributed by atoms with Crippen molar-refractivity contribution in [2.45, 2.75) is 25.1 Å². The molecule has 0 radical (unpaired) electrons. The van der Waals surface area contributed by atoms with Gasteiger partial charge < -0.3 is 9.64 Å². The summed E-state index contributed by atoms with van der Waals surface area (Å²) in [6.07, 6.45) is 3.70. The second kappa shape index (κ2) is 5.34. The van der Waals surface area contributed by atoms with E-state index in [1.165, 1.54) is 0 Å². The number of aromatic nitrogens is 2. The van der Waals surface area contributed by atoms with E-state index in [0.29, 0.717) is 12.5 Å². The lowest BCUT2D eigenvalue weighted by Crippen LogP contribution is -2.22. The van der Waals surface area contributed by atoms with Crippen LogP contribution in [-0.2, 0) is 0 Å². The number of rotatable bonds is 4. The Labute approximate surface area is 101 Å². The first-order valence-corrected chi connectivity index (χ1v) is 6.08. The van der Waals surface area contributed by atoms with Crippen molar-refractivity contribution in [1.82, 2.24) is 9.97 Å². The van der Waals surface area contributed by atoms with Gasteiger partial charge in [-0.3, -0.25) is 0 Å². The van der Waals surface area contributed by atoms with Crippen molar-refractivity contribution in [3.63, 3.8) is 0 Å². The maximum absolute atomic E-state index is 6.05. The van der Waals surface area contributed by atoms with Crippen LogP contribution in [0.4, 0.5) is 5.95 Å². The molecule has 1 aromatic heterocycles. The van der Waals surface area contributed by atoms with Crippen molar-refractivity contribution >= 4 is 17.5 Å². The summed E-state index contributed by atoms with van der Waals surface area (Å²) in [7, 11) is 0. The fourth-order valence-electron chi connectivity index (χ4n) is 1.67. The first-order valence-electron chi connectivity index (χ1n) is 5.64. The Hall–Kier alpha value is -1.03. The second-order valence-electron chi connectivity index (χ2n) is 3.88. The summed E-state index contributed by atoms with van der Waals surface area (Å²) < 4.78 is 5.47. The van der Waals surface area contributed by atoms with Gasteiger partial charge >= 0.3 is 0 Å². The SMILES string of the molecule is CCCOc1ccnc(N2CCC(Cl)C2)n1. The van der Waals surface area contributed by atoms with E-state index in [9.17, 15) is 0 Å². The van der Waals surface area contributed by atoms with Crippen molar-refractivity contribution in [1.29, 1.82) is 0 Å². The van der Waals surface area contributed by atoms with Crippen molar-refractivity contribution in [3.8, 4) is 5.88 Å². The summed E-state index contributed by atoms with van der Waals surface area (Å²) in [5.74, 6) is 1.36. The normalized spacial score (nSPS) is 20.1. The standard InChI is InChI=1S/C11H16ClN3O/c1-2-7-16-10-3-5-13-11(14-10)15-6-4-9(12)8-15/h3,5,9H,2,4,6-8H2,1H3. The largest absolute Gasteiger partial charge is 0.478 e. The number of ether oxygens (including phenoxy) is 1. The van der Waals surface area contributed by atoms with Crippen molar-refractivity contribution < 1.29 is 4.74 Å². The van der Waals surface area contributed by atoms with E-state index in [0.717, 1.165) is 31.9 Å². The maximum atomic E-state index is 6.05. The van der Waals surface area contributed by atoms with Crippen LogP contribution >= 0.6 is 11.6 Å². The minimum atomic E-state index is 0.212. The zero-order valence-electron chi connectivity index (χ0n) is 9.40. The average Bonchev–Trinajstić information content (AvgIpc) is 2.74. The molecule has 1 atom stereocenters. The van der Waals surface area contributed by atoms with Crippen molar-refractivity contribution in [2.75, 3.05) is 24.6 Å². The molecule has 0 N–H and O–H groups in total. The van der Waals surface area contributed by atoms with Crippen molar-refractivity contribution in [2.24, 2.45) is 0 Å². The van der Waals surface area contributed by atoms with Crippen LogP contribution in [0.3, 0.4) is 0 Å². The van der Waals surface area contributed by atoms with E-state index in [-0.39, 0.29) is 5.38 Å². The van der Waals surface area contributed by atoms with Gasteiger partial charge in [-0.15, -0.1) is 11.6 Å². The lowest BCUT2D eigenvalue weighted by atomic mass is 10.4. The molecule has 0 bridgehead atoms. The van der Waals surface area contributed by atoms with Gasteiger partial charge in [-0.1, -0.05) is 6.92 Å². The third-order valence-electron chi connectivity index (χ3n) is 2.48. The number of halogens is 1. The van der Waals surface area contributed by atoms with E-state index in [4.69, 9.17) is 16.3 Å². The third-order valence-corrected chi connectivity index (χ3v) is 2.84. The molecule has 2 heterocycles. The predicted octanol–water partition coefficient (Wildman–Crippen LogP) is 2.08. The summed E-state index contributed by atoms with van der Waals surface area (Å²) in [6.45, 7) is 4.50. The van der Waals surface area contributed by atoms with Gasteiger partial charge in [-0.2, -0.15) is 4.98 Å². The summed E-state index contributed by atoms with van der Waals surface area (Å²) in [5, 5.41) is 0.212. The molecule has 5 heteroatoms. The Morgan fingerprint density at radius 3 is 3.19 bits per heavy atom. The first kappa shape index (κ1) is 11.5. The summed E-state index contributed by atoms with van der Waals surface area (Å²) in [5.41, 5.74) is 0. The molecule has 0 aromatic carbocycles. The molecule has 1 fully saturated rings. The number of hydrogen-bond donors (Lipinski definition) is 0. The molecule has 16 heavy (non-hydrogen) atoms. The highest BCUT2D eigenvalue weighted by Crippen LogP contribution is 2.20. The highest BCUT2D eigenvalue weighted by molar-refractivity contribution is 6.21. The number of hydrogen-bond acceptors (Lipinski definition) is 4. The van der Waals surface area contributed by atoms with Crippen LogP contribution in [0.5, 0.6) is 5.88 Å². The Bertz CT molecular complexity index is 348. The van der Waals surface area contributed by atoms with Gasteiger partial charge in [0, 0.05) is 25.4 Å². The second-order valence-corrected chi connectivity index (χ2v) is 4.49. The minimum Gasteiger partial charge on any atom is -0.478 e. The third kappa shape index (κ3) is 2.76.